The normalized spacial score (nSPS) is 11.7. The highest BCUT2D eigenvalue weighted by Gasteiger charge is 2.16. The molecule has 1 aromatic carbocycles. The van der Waals surface area contributed by atoms with Crippen LogP contribution in [0.4, 0.5) is 5.82 Å². The van der Waals surface area contributed by atoms with Gasteiger partial charge >= 0.3 is 0 Å². The van der Waals surface area contributed by atoms with Gasteiger partial charge in [0.15, 0.2) is 0 Å². The van der Waals surface area contributed by atoms with Crippen LogP contribution >= 0.6 is 0 Å². The van der Waals surface area contributed by atoms with Gasteiger partial charge in [-0.3, -0.25) is 4.90 Å². The third kappa shape index (κ3) is 3.71. The van der Waals surface area contributed by atoms with Crippen molar-refractivity contribution in [2.75, 3.05) is 18.9 Å². The average molecular weight is 287 g/mol. The summed E-state index contributed by atoms with van der Waals surface area (Å²) in [4.78, 5) is 6.78. The van der Waals surface area contributed by atoms with Crippen molar-refractivity contribution in [1.82, 2.24) is 9.88 Å². The van der Waals surface area contributed by atoms with Gasteiger partial charge < -0.3 is 10.8 Å². The maximum Gasteiger partial charge on any atom is 0.128 e. The zero-order valence-corrected chi connectivity index (χ0v) is 12.9. The zero-order chi connectivity index (χ0) is 15.2. The Morgan fingerprint density at radius 3 is 2.62 bits per heavy atom. The van der Waals surface area contributed by atoms with Crippen LogP contribution in [0.1, 0.15) is 32.3 Å². The Bertz CT molecular complexity index is 581. The monoisotopic (exact) mass is 287 g/mol. The van der Waals surface area contributed by atoms with E-state index in [9.17, 15) is 5.11 Å². The van der Waals surface area contributed by atoms with E-state index in [2.05, 4.69) is 35.9 Å². The second-order valence-electron chi connectivity index (χ2n) is 5.39. The Kier molecular flexibility index (Phi) is 5.53. The van der Waals surface area contributed by atoms with E-state index >= 15 is 0 Å². The number of nitrogens with zero attached hydrogens (tertiary/aromatic N) is 2. The second-order valence-corrected chi connectivity index (χ2v) is 5.39. The predicted octanol–water partition coefficient (Wildman–Crippen LogP) is 2.80. The number of anilines is 1. The molecule has 4 heteroatoms. The van der Waals surface area contributed by atoms with Crippen molar-refractivity contribution in [3.63, 3.8) is 0 Å². The fourth-order valence-corrected chi connectivity index (χ4v) is 2.84. The van der Waals surface area contributed by atoms with Crippen LogP contribution in [0, 0.1) is 0 Å². The number of rotatable bonds is 7. The van der Waals surface area contributed by atoms with E-state index in [0.29, 0.717) is 18.4 Å². The second kappa shape index (κ2) is 7.38. The largest absolute Gasteiger partial charge is 0.395 e. The van der Waals surface area contributed by atoms with Crippen LogP contribution in [-0.4, -0.2) is 34.2 Å². The van der Waals surface area contributed by atoms with E-state index < -0.39 is 0 Å². The quantitative estimate of drug-likeness (QED) is 0.822. The molecule has 0 radical (unpaired) electrons. The van der Waals surface area contributed by atoms with Crippen LogP contribution in [0.2, 0.25) is 0 Å². The molecule has 3 N–H and O–H groups in total. The molecule has 0 aliphatic rings. The van der Waals surface area contributed by atoms with Gasteiger partial charge in [-0.05, 0) is 25.0 Å². The minimum atomic E-state index is 0.164. The van der Waals surface area contributed by atoms with Crippen LogP contribution in [0.25, 0.3) is 10.9 Å². The molecule has 0 atom stereocenters. The van der Waals surface area contributed by atoms with E-state index in [1.807, 2.05) is 18.2 Å². The molecule has 21 heavy (non-hydrogen) atoms. The predicted molar refractivity (Wildman–Crippen MR) is 88.0 cm³/mol. The maximum absolute atomic E-state index is 9.31. The SMILES string of the molecule is CCC(CC)N(CCO)Cc1cc2ccccc2nc1N. The molecule has 0 aliphatic heterocycles. The Balaban J connectivity index is 2.29. The molecule has 0 spiro atoms. The van der Waals surface area contributed by atoms with Gasteiger partial charge in [0.05, 0.1) is 12.1 Å². The van der Waals surface area contributed by atoms with Gasteiger partial charge in [0.1, 0.15) is 5.82 Å². The highest BCUT2D eigenvalue weighted by Crippen LogP contribution is 2.21. The molecule has 2 aromatic rings. The number of fused-ring (bicyclic) bond motifs is 1. The van der Waals surface area contributed by atoms with Gasteiger partial charge in [0.25, 0.3) is 0 Å². The van der Waals surface area contributed by atoms with Gasteiger partial charge in [-0.25, -0.2) is 4.98 Å². The number of benzene rings is 1. The fourth-order valence-electron chi connectivity index (χ4n) is 2.84. The van der Waals surface area contributed by atoms with Crippen LogP contribution in [-0.2, 0) is 6.54 Å². The molecule has 1 heterocycles. The highest BCUT2D eigenvalue weighted by atomic mass is 16.3. The molecule has 1 aromatic heterocycles. The molecule has 0 unspecified atom stereocenters. The number of nitrogen functional groups attached to an aromatic ring is 1. The average Bonchev–Trinajstić information content (AvgIpc) is 2.49. The van der Waals surface area contributed by atoms with Crippen molar-refractivity contribution in [2.45, 2.75) is 39.3 Å². The molecule has 0 saturated heterocycles. The number of hydrogen-bond acceptors (Lipinski definition) is 4. The van der Waals surface area contributed by atoms with Crippen LogP contribution in [0.15, 0.2) is 30.3 Å². The number of aliphatic hydroxyl groups is 1. The topological polar surface area (TPSA) is 62.4 Å². The summed E-state index contributed by atoms with van der Waals surface area (Å²) in [6, 6.07) is 10.6. The van der Waals surface area contributed by atoms with Crippen LogP contribution in [0.5, 0.6) is 0 Å². The molecule has 0 amide bonds. The van der Waals surface area contributed by atoms with Crippen molar-refractivity contribution in [3.05, 3.63) is 35.9 Å². The minimum Gasteiger partial charge on any atom is -0.395 e. The summed E-state index contributed by atoms with van der Waals surface area (Å²) >= 11 is 0. The lowest BCUT2D eigenvalue weighted by molar-refractivity contribution is 0.137. The number of para-hydroxylation sites is 1. The maximum atomic E-state index is 9.31. The first-order valence-electron chi connectivity index (χ1n) is 7.68. The van der Waals surface area contributed by atoms with Crippen molar-refractivity contribution >= 4 is 16.7 Å². The summed E-state index contributed by atoms with van der Waals surface area (Å²) in [7, 11) is 0. The van der Waals surface area contributed by atoms with Gasteiger partial charge in [-0.2, -0.15) is 0 Å². The Labute approximate surface area is 126 Å². The number of aromatic nitrogens is 1. The van der Waals surface area contributed by atoms with Crippen molar-refractivity contribution in [2.24, 2.45) is 0 Å². The first-order chi connectivity index (χ1) is 10.2. The Hall–Kier alpha value is -1.65. The lowest BCUT2D eigenvalue weighted by Gasteiger charge is -2.30. The van der Waals surface area contributed by atoms with E-state index in [1.54, 1.807) is 0 Å². The Morgan fingerprint density at radius 1 is 1.24 bits per heavy atom. The molecular formula is C17H25N3O. The summed E-state index contributed by atoms with van der Waals surface area (Å²) in [5.41, 5.74) is 8.08. The highest BCUT2D eigenvalue weighted by molar-refractivity contribution is 5.81. The summed E-state index contributed by atoms with van der Waals surface area (Å²) in [6.07, 6.45) is 2.13. The van der Waals surface area contributed by atoms with Gasteiger partial charge in [-0.15, -0.1) is 0 Å². The van der Waals surface area contributed by atoms with E-state index in [-0.39, 0.29) is 6.61 Å². The van der Waals surface area contributed by atoms with Gasteiger partial charge in [0, 0.05) is 30.1 Å². The molecule has 0 saturated carbocycles. The molecule has 114 valence electrons. The first kappa shape index (κ1) is 15.7. The lowest BCUT2D eigenvalue weighted by Crippen LogP contribution is -2.36. The van der Waals surface area contributed by atoms with Gasteiger partial charge in [-0.1, -0.05) is 32.0 Å². The number of aliphatic hydroxyl groups excluding tert-OH is 1. The summed E-state index contributed by atoms with van der Waals surface area (Å²) < 4.78 is 0. The van der Waals surface area contributed by atoms with Crippen LogP contribution < -0.4 is 5.73 Å². The Morgan fingerprint density at radius 2 is 1.95 bits per heavy atom. The smallest absolute Gasteiger partial charge is 0.128 e. The zero-order valence-electron chi connectivity index (χ0n) is 12.9. The molecular weight excluding hydrogens is 262 g/mol. The summed E-state index contributed by atoms with van der Waals surface area (Å²) in [5.74, 6) is 0.586. The number of hydrogen-bond donors (Lipinski definition) is 2. The molecule has 0 bridgehead atoms. The first-order valence-corrected chi connectivity index (χ1v) is 7.68. The van der Waals surface area contributed by atoms with Crippen molar-refractivity contribution in [1.29, 1.82) is 0 Å². The molecule has 0 fully saturated rings. The van der Waals surface area contributed by atoms with E-state index in [1.165, 1.54) is 0 Å². The summed E-state index contributed by atoms with van der Waals surface area (Å²) in [6.45, 7) is 5.92. The van der Waals surface area contributed by atoms with Crippen molar-refractivity contribution in [3.8, 4) is 0 Å². The van der Waals surface area contributed by atoms with E-state index in [4.69, 9.17) is 5.73 Å². The third-order valence-corrected chi connectivity index (χ3v) is 4.06. The molecule has 4 nitrogen and oxygen atoms in total. The molecule has 2 rings (SSSR count). The number of pyridine rings is 1. The number of nitrogens with two attached hydrogens (primary N) is 1. The fraction of sp³-hybridized carbons (Fsp3) is 0.471. The standard InChI is InChI=1S/C17H25N3O/c1-3-15(4-2)20(9-10-21)12-14-11-13-7-5-6-8-16(13)19-17(14)18/h5-8,11,15,21H,3-4,9-10,12H2,1-2H3,(H2,18,19). The van der Waals surface area contributed by atoms with Crippen LogP contribution in [0.3, 0.4) is 0 Å². The summed E-state index contributed by atoms with van der Waals surface area (Å²) in [5, 5.41) is 10.4. The molecule has 0 aliphatic carbocycles. The third-order valence-electron chi connectivity index (χ3n) is 4.06. The minimum absolute atomic E-state index is 0.164. The van der Waals surface area contributed by atoms with Gasteiger partial charge in [0.2, 0.25) is 0 Å². The lowest BCUT2D eigenvalue weighted by atomic mass is 10.1. The van der Waals surface area contributed by atoms with E-state index in [0.717, 1.165) is 35.9 Å². The van der Waals surface area contributed by atoms with Crippen molar-refractivity contribution < 1.29 is 5.11 Å².